The van der Waals surface area contributed by atoms with Crippen LogP contribution in [-0.2, 0) is 5.41 Å². The van der Waals surface area contributed by atoms with Crippen LogP contribution in [0.3, 0.4) is 0 Å². The highest BCUT2D eigenvalue weighted by molar-refractivity contribution is 7.71. The SMILES string of the molecule is CC(C)(C)c1c[nH]c(=S)c(N)c1. The lowest BCUT2D eigenvalue weighted by molar-refractivity contribution is 0.587. The van der Waals surface area contributed by atoms with Gasteiger partial charge in [-0.05, 0) is 17.0 Å². The highest BCUT2D eigenvalue weighted by atomic mass is 32.1. The Kier molecular flexibility index (Phi) is 2.24. The molecule has 1 aromatic rings. The van der Waals surface area contributed by atoms with Crippen molar-refractivity contribution in [2.45, 2.75) is 26.2 Å². The monoisotopic (exact) mass is 182 g/mol. The van der Waals surface area contributed by atoms with E-state index in [0.29, 0.717) is 10.3 Å². The fourth-order valence-electron chi connectivity index (χ4n) is 0.934. The lowest BCUT2D eigenvalue weighted by Gasteiger charge is -2.18. The van der Waals surface area contributed by atoms with Crippen molar-refractivity contribution in [3.63, 3.8) is 0 Å². The number of nitrogens with one attached hydrogen (secondary N) is 1. The van der Waals surface area contributed by atoms with E-state index in [9.17, 15) is 0 Å². The first kappa shape index (κ1) is 9.26. The Labute approximate surface area is 77.8 Å². The third kappa shape index (κ3) is 1.85. The largest absolute Gasteiger partial charge is 0.396 e. The normalized spacial score (nSPS) is 11.6. The maximum Gasteiger partial charge on any atom is 0.126 e. The molecule has 0 amide bonds. The molecule has 0 fully saturated rings. The summed E-state index contributed by atoms with van der Waals surface area (Å²) >= 11 is 4.96. The number of aromatic nitrogens is 1. The Morgan fingerprint density at radius 3 is 2.42 bits per heavy atom. The summed E-state index contributed by atoms with van der Waals surface area (Å²) in [4.78, 5) is 2.96. The predicted molar refractivity (Wildman–Crippen MR) is 54.7 cm³/mol. The van der Waals surface area contributed by atoms with E-state index < -0.39 is 0 Å². The second kappa shape index (κ2) is 2.90. The third-order valence-corrected chi connectivity index (χ3v) is 2.15. The topological polar surface area (TPSA) is 41.8 Å². The van der Waals surface area contributed by atoms with Crippen LogP contribution in [0.25, 0.3) is 0 Å². The number of hydrogen-bond donors (Lipinski definition) is 2. The van der Waals surface area contributed by atoms with E-state index in [1.807, 2.05) is 12.3 Å². The van der Waals surface area contributed by atoms with Crippen LogP contribution in [-0.4, -0.2) is 4.98 Å². The molecule has 12 heavy (non-hydrogen) atoms. The van der Waals surface area contributed by atoms with E-state index in [1.54, 1.807) is 0 Å². The van der Waals surface area contributed by atoms with E-state index in [0.717, 1.165) is 0 Å². The molecule has 0 aliphatic heterocycles. The van der Waals surface area contributed by atoms with Crippen molar-refractivity contribution in [2.24, 2.45) is 0 Å². The van der Waals surface area contributed by atoms with Gasteiger partial charge in [-0.2, -0.15) is 0 Å². The fraction of sp³-hybridized carbons (Fsp3) is 0.444. The van der Waals surface area contributed by atoms with Crippen molar-refractivity contribution in [2.75, 3.05) is 5.73 Å². The number of hydrogen-bond acceptors (Lipinski definition) is 2. The molecular formula is C9H14N2S. The van der Waals surface area contributed by atoms with Crippen molar-refractivity contribution in [1.82, 2.24) is 4.98 Å². The minimum atomic E-state index is 0.119. The molecule has 0 spiro atoms. The van der Waals surface area contributed by atoms with Crippen molar-refractivity contribution in [3.05, 3.63) is 22.5 Å². The van der Waals surface area contributed by atoms with E-state index in [4.69, 9.17) is 18.0 Å². The number of anilines is 1. The smallest absolute Gasteiger partial charge is 0.126 e. The summed E-state index contributed by atoms with van der Waals surface area (Å²) in [5.41, 5.74) is 7.63. The zero-order valence-corrected chi connectivity index (χ0v) is 8.46. The molecule has 1 aromatic heterocycles. The summed E-state index contributed by atoms with van der Waals surface area (Å²) in [7, 11) is 0. The third-order valence-electron chi connectivity index (χ3n) is 1.80. The highest BCUT2D eigenvalue weighted by Gasteiger charge is 2.13. The van der Waals surface area contributed by atoms with Gasteiger partial charge in [-0.1, -0.05) is 33.0 Å². The number of aromatic amines is 1. The summed E-state index contributed by atoms with van der Waals surface area (Å²) in [6, 6.07) is 1.93. The molecule has 0 unspecified atom stereocenters. The van der Waals surface area contributed by atoms with Crippen molar-refractivity contribution in [1.29, 1.82) is 0 Å². The summed E-state index contributed by atoms with van der Waals surface area (Å²) in [5, 5.41) is 0. The van der Waals surface area contributed by atoms with Crippen molar-refractivity contribution in [3.8, 4) is 0 Å². The second-order valence-corrected chi connectivity index (χ2v) is 4.33. The average molecular weight is 182 g/mol. The van der Waals surface area contributed by atoms with E-state index in [-0.39, 0.29) is 5.41 Å². The Morgan fingerprint density at radius 1 is 1.42 bits per heavy atom. The van der Waals surface area contributed by atoms with Gasteiger partial charge in [0.15, 0.2) is 0 Å². The molecule has 3 N–H and O–H groups in total. The van der Waals surface area contributed by atoms with Crippen LogP contribution < -0.4 is 5.73 Å². The minimum Gasteiger partial charge on any atom is -0.396 e. The fourth-order valence-corrected chi connectivity index (χ4v) is 1.05. The molecular weight excluding hydrogens is 168 g/mol. The molecule has 0 aliphatic rings. The first-order valence-electron chi connectivity index (χ1n) is 3.90. The van der Waals surface area contributed by atoms with Gasteiger partial charge >= 0.3 is 0 Å². The van der Waals surface area contributed by atoms with Crippen molar-refractivity contribution >= 4 is 17.9 Å². The Balaban J connectivity index is 3.23. The van der Waals surface area contributed by atoms with Crippen LogP contribution in [0.1, 0.15) is 26.3 Å². The lowest BCUT2D eigenvalue weighted by atomic mass is 9.88. The van der Waals surface area contributed by atoms with Gasteiger partial charge in [0.2, 0.25) is 0 Å². The number of H-pyrrole nitrogens is 1. The van der Waals surface area contributed by atoms with Gasteiger partial charge in [-0.25, -0.2) is 0 Å². The highest BCUT2D eigenvalue weighted by Crippen LogP contribution is 2.22. The first-order chi connectivity index (χ1) is 5.41. The van der Waals surface area contributed by atoms with Gasteiger partial charge in [0.1, 0.15) is 4.64 Å². The Hall–Kier alpha value is -0.830. The van der Waals surface area contributed by atoms with Crippen LogP contribution >= 0.6 is 12.2 Å². The molecule has 1 heterocycles. The molecule has 0 bridgehead atoms. The Bertz CT molecular complexity index is 333. The number of nitrogen functional groups attached to an aromatic ring is 1. The van der Waals surface area contributed by atoms with Gasteiger partial charge < -0.3 is 10.7 Å². The van der Waals surface area contributed by atoms with Crippen LogP contribution in [0.5, 0.6) is 0 Å². The van der Waals surface area contributed by atoms with Crippen LogP contribution in [0.4, 0.5) is 5.69 Å². The summed E-state index contributed by atoms with van der Waals surface area (Å²) in [6.45, 7) is 6.41. The minimum absolute atomic E-state index is 0.119. The zero-order valence-electron chi connectivity index (χ0n) is 7.64. The van der Waals surface area contributed by atoms with Crippen molar-refractivity contribution < 1.29 is 0 Å². The maximum absolute atomic E-state index is 5.68. The summed E-state index contributed by atoms with van der Waals surface area (Å²) in [5.74, 6) is 0. The summed E-state index contributed by atoms with van der Waals surface area (Å²) < 4.78 is 0.614. The van der Waals surface area contributed by atoms with Crippen LogP contribution in [0.15, 0.2) is 12.3 Å². The summed E-state index contributed by atoms with van der Waals surface area (Å²) in [6.07, 6.45) is 1.92. The zero-order chi connectivity index (χ0) is 9.35. The molecule has 0 atom stereocenters. The molecule has 3 heteroatoms. The molecule has 0 radical (unpaired) electrons. The standard InChI is InChI=1S/C9H14N2S/c1-9(2,3)6-4-7(10)8(12)11-5-6/h4-5H,10H2,1-3H3,(H,11,12). The van der Waals surface area contributed by atoms with Crippen LogP contribution in [0.2, 0.25) is 0 Å². The number of rotatable bonds is 0. The van der Waals surface area contributed by atoms with E-state index in [2.05, 4.69) is 25.8 Å². The van der Waals surface area contributed by atoms with E-state index in [1.165, 1.54) is 5.56 Å². The molecule has 0 aromatic carbocycles. The Morgan fingerprint density at radius 2 is 2.00 bits per heavy atom. The predicted octanol–water partition coefficient (Wildman–Crippen LogP) is 2.62. The first-order valence-corrected chi connectivity index (χ1v) is 4.31. The number of pyridine rings is 1. The molecule has 0 saturated carbocycles. The molecule has 2 nitrogen and oxygen atoms in total. The van der Waals surface area contributed by atoms with E-state index >= 15 is 0 Å². The quantitative estimate of drug-likeness (QED) is 0.606. The molecule has 0 aliphatic carbocycles. The van der Waals surface area contributed by atoms with Gasteiger partial charge in [0, 0.05) is 6.20 Å². The number of nitrogens with two attached hydrogens (primary N) is 1. The van der Waals surface area contributed by atoms with Gasteiger partial charge in [0.05, 0.1) is 5.69 Å². The molecule has 66 valence electrons. The van der Waals surface area contributed by atoms with Crippen LogP contribution in [0, 0.1) is 4.64 Å². The van der Waals surface area contributed by atoms with Gasteiger partial charge in [-0.3, -0.25) is 0 Å². The average Bonchev–Trinajstić information content (AvgIpc) is 1.92. The second-order valence-electron chi connectivity index (χ2n) is 3.92. The lowest BCUT2D eigenvalue weighted by Crippen LogP contribution is -2.12. The molecule has 0 saturated heterocycles. The van der Waals surface area contributed by atoms with Gasteiger partial charge in [0.25, 0.3) is 0 Å². The molecule has 1 rings (SSSR count). The van der Waals surface area contributed by atoms with Gasteiger partial charge in [-0.15, -0.1) is 0 Å². The maximum atomic E-state index is 5.68.